The summed E-state index contributed by atoms with van der Waals surface area (Å²) in [6.45, 7) is 4.36. The van der Waals surface area contributed by atoms with Gasteiger partial charge in [-0.05, 0) is 67.4 Å². The number of Topliss-reactive ketones (excluding diaryl/α,β-unsaturated/α-hetero) is 1. The van der Waals surface area contributed by atoms with Crippen LogP contribution in [0.25, 0.3) is 5.76 Å². The van der Waals surface area contributed by atoms with Crippen molar-refractivity contribution < 1.29 is 33.0 Å². The maximum Gasteiger partial charge on any atom is 0.301 e. The number of ether oxygens (including phenoxy) is 2. The minimum atomic E-state index is -1.11. The van der Waals surface area contributed by atoms with Crippen molar-refractivity contribution in [3.63, 3.8) is 0 Å². The number of ketones is 1. The topological polar surface area (TPSA) is 102 Å². The molecule has 42 heavy (non-hydrogen) atoms. The average Bonchev–Trinajstić information content (AvgIpc) is 3.55. The lowest BCUT2D eigenvalue weighted by molar-refractivity contribution is -0.132. The third-order valence-corrected chi connectivity index (χ3v) is 8.46. The summed E-state index contributed by atoms with van der Waals surface area (Å²) in [7, 11) is 0. The number of benzene rings is 3. The van der Waals surface area contributed by atoms with Gasteiger partial charge in [-0.1, -0.05) is 47.4 Å². The van der Waals surface area contributed by atoms with Crippen LogP contribution in [0.2, 0.25) is 0 Å². The van der Waals surface area contributed by atoms with Gasteiger partial charge >= 0.3 is 5.91 Å². The van der Waals surface area contributed by atoms with E-state index in [0.717, 1.165) is 23.5 Å². The van der Waals surface area contributed by atoms with E-state index in [9.17, 15) is 23.5 Å². The number of rotatable bonds is 10. The Bertz CT molecular complexity index is 1660. The van der Waals surface area contributed by atoms with Gasteiger partial charge in [-0.25, -0.2) is 8.78 Å². The molecule has 0 saturated carbocycles. The van der Waals surface area contributed by atoms with Gasteiger partial charge in [0.2, 0.25) is 5.13 Å². The third kappa shape index (κ3) is 5.86. The van der Waals surface area contributed by atoms with Gasteiger partial charge in [-0.15, -0.1) is 10.2 Å². The molecule has 8 nitrogen and oxygen atoms in total. The summed E-state index contributed by atoms with van der Waals surface area (Å²) >= 11 is 2.29. The standard InChI is InChI=1S/C30H25F2N3O5S2/c1-3-39-22-14-11-18(15-23(22)40-4-2)25-24(26(36)17-9-12-20(31)13-10-17)27(37)28(38)35(25)29-33-34-30(42-29)41-16-19-7-5-6-8-21(19)32/h5-15,25,36H,3-4,16H2,1-2H3. The van der Waals surface area contributed by atoms with Crippen LogP contribution < -0.4 is 14.4 Å². The molecule has 12 heteroatoms. The molecule has 216 valence electrons. The van der Waals surface area contributed by atoms with Gasteiger partial charge in [-0.2, -0.15) is 0 Å². The van der Waals surface area contributed by atoms with E-state index < -0.39 is 29.3 Å². The molecule has 0 aliphatic carbocycles. The SMILES string of the molecule is CCOc1ccc(C2C(=C(O)c3ccc(F)cc3)C(=O)C(=O)N2c2nnc(SCc3ccccc3F)s2)cc1OCC. The van der Waals surface area contributed by atoms with Crippen LogP contribution in [-0.4, -0.2) is 40.2 Å². The van der Waals surface area contributed by atoms with Crippen molar-refractivity contribution >= 4 is 45.7 Å². The fraction of sp³-hybridized carbons (Fsp3) is 0.200. The zero-order valence-corrected chi connectivity index (χ0v) is 24.2. The van der Waals surface area contributed by atoms with Crippen LogP contribution in [0.1, 0.15) is 36.6 Å². The fourth-order valence-electron chi connectivity index (χ4n) is 4.46. The number of anilines is 1. The van der Waals surface area contributed by atoms with Gasteiger partial charge in [0.25, 0.3) is 5.78 Å². The second-order valence-electron chi connectivity index (χ2n) is 8.98. The van der Waals surface area contributed by atoms with E-state index in [-0.39, 0.29) is 27.8 Å². The third-order valence-electron chi connectivity index (χ3n) is 6.36. The highest BCUT2D eigenvalue weighted by Crippen LogP contribution is 2.45. The van der Waals surface area contributed by atoms with Crippen LogP contribution in [0.3, 0.4) is 0 Å². The van der Waals surface area contributed by atoms with Gasteiger partial charge in [0.15, 0.2) is 15.8 Å². The molecule has 0 spiro atoms. The first kappa shape index (κ1) is 29.2. The Hall–Kier alpha value is -4.29. The summed E-state index contributed by atoms with van der Waals surface area (Å²) in [6, 6.07) is 15.2. The highest BCUT2D eigenvalue weighted by molar-refractivity contribution is 8.00. The fourth-order valence-corrected chi connectivity index (χ4v) is 6.31. The highest BCUT2D eigenvalue weighted by atomic mass is 32.2. The summed E-state index contributed by atoms with van der Waals surface area (Å²) in [5.74, 6) is -2.05. The molecular weight excluding hydrogens is 584 g/mol. The van der Waals surface area contributed by atoms with E-state index in [1.165, 1.54) is 34.9 Å². The number of carbonyl (C=O) groups is 2. The lowest BCUT2D eigenvalue weighted by Crippen LogP contribution is -2.29. The number of carbonyl (C=O) groups excluding carboxylic acids is 2. The largest absolute Gasteiger partial charge is 0.507 e. The number of nitrogens with zero attached hydrogens (tertiary/aromatic N) is 3. The van der Waals surface area contributed by atoms with E-state index in [1.54, 1.807) is 36.4 Å². The summed E-state index contributed by atoms with van der Waals surface area (Å²) in [4.78, 5) is 28.1. The second-order valence-corrected chi connectivity index (χ2v) is 11.2. The highest BCUT2D eigenvalue weighted by Gasteiger charge is 2.48. The Morgan fingerprint density at radius 2 is 1.69 bits per heavy atom. The lowest BCUT2D eigenvalue weighted by Gasteiger charge is -2.23. The van der Waals surface area contributed by atoms with E-state index in [2.05, 4.69) is 10.2 Å². The van der Waals surface area contributed by atoms with Gasteiger partial charge in [0.1, 0.15) is 17.4 Å². The second kappa shape index (κ2) is 12.7. The number of aliphatic hydroxyl groups is 1. The molecule has 1 aliphatic heterocycles. The minimum Gasteiger partial charge on any atom is -0.507 e. The quantitative estimate of drug-likeness (QED) is 0.0712. The van der Waals surface area contributed by atoms with Crippen LogP contribution in [0.5, 0.6) is 11.5 Å². The van der Waals surface area contributed by atoms with Crippen LogP contribution in [0, 0.1) is 11.6 Å². The van der Waals surface area contributed by atoms with Crippen molar-refractivity contribution in [1.29, 1.82) is 0 Å². The number of aromatic nitrogens is 2. The maximum absolute atomic E-state index is 14.1. The molecule has 0 radical (unpaired) electrons. The van der Waals surface area contributed by atoms with E-state index in [4.69, 9.17) is 9.47 Å². The molecule has 1 amide bonds. The van der Waals surface area contributed by atoms with Crippen molar-refractivity contribution in [3.05, 3.63) is 101 Å². The van der Waals surface area contributed by atoms with Crippen LogP contribution in [0.4, 0.5) is 13.9 Å². The van der Waals surface area contributed by atoms with E-state index >= 15 is 0 Å². The van der Waals surface area contributed by atoms with Crippen molar-refractivity contribution in [2.24, 2.45) is 0 Å². The average molecular weight is 610 g/mol. The number of hydrogen-bond acceptors (Lipinski definition) is 9. The van der Waals surface area contributed by atoms with Crippen molar-refractivity contribution in [1.82, 2.24) is 10.2 Å². The van der Waals surface area contributed by atoms with Gasteiger partial charge in [-0.3, -0.25) is 14.5 Å². The Morgan fingerprint density at radius 3 is 2.40 bits per heavy atom. The normalized spacial score (nSPS) is 16.2. The van der Waals surface area contributed by atoms with Crippen LogP contribution in [0.15, 0.2) is 76.6 Å². The molecule has 2 heterocycles. The first-order valence-electron chi connectivity index (χ1n) is 13.0. The van der Waals surface area contributed by atoms with Crippen LogP contribution in [-0.2, 0) is 15.3 Å². The Labute approximate surface area is 248 Å². The molecule has 1 atom stereocenters. The first-order valence-corrected chi connectivity index (χ1v) is 14.8. The number of aliphatic hydroxyl groups excluding tert-OH is 1. The molecule has 1 aliphatic rings. The van der Waals surface area contributed by atoms with Crippen molar-refractivity contribution in [2.75, 3.05) is 18.1 Å². The van der Waals surface area contributed by atoms with Gasteiger partial charge in [0, 0.05) is 11.3 Å². The molecule has 5 rings (SSSR count). The molecular formula is C30H25F2N3O5S2. The molecule has 1 aromatic heterocycles. The lowest BCUT2D eigenvalue weighted by atomic mass is 9.95. The summed E-state index contributed by atoms with van der Waals surface area (Å²) in [5.41, 5.74) is 0.889. The van der Waals surface area contributed by atoms with E-state index in [1.807, 2.05) is 13.8 Å². The van der Waals surface area contributed by atoms with Crippen molar-refractivity contribution in [3.8, 4) is 11.5 Å². The smallest absolute Gasteiger partial charge is 0.301 e. The molecule has 1 unspecified atom stereocenters. The van der Waals surface area contributed by atoms with Crippen LogP contribution >= 0.6 is 23.1 Å². The molecule has 1 saturated heterocycles. The van der Waals surface area contributed by atoms with Gasteiger partial charge in [0.05, 0.1) is 24.8 Å². The molecule has 1 fully saturated rings. The molecule has 1 N–H and O–H groups in total. The number of thioether (sulfide) groups is 1. The Morgan fingerprint density at radius 1 is 0.976 bits per heavy atom. The zero-order chi connectivity index (χ0) is 29.8. The van der Waals surface area contributed by atoms with E-state index in [0.29, 0.717) is 40.2 Å². The minimum absolute atomic E-state index is 0.114. The predicted molar refractivity (Wildman–Crippen MR) is 156 cm³/mol. The number of halogens is 2. The zero-order valence-electron chi connectivity index (χ0n) is 22.5. The Kier molecular flexibility index (Phi) is 8.83. The predicted octanol–water partition coefficient (Wildman–Crippen LogP) is 6.53. The number of amides is 1. The monoisotopic (exact) mass is 609 g/mol. The summed E-state index contributed by atoms with van der Waals surface area (Å²) in [5, 5.41) is 19.7. The van der Waals surface area contributed by atoms with Gasteiger partial charge < -0.3 is 14.6 Å². The molecule has 3 aromatic carbocycles. The summed E-state index contributed by atoms with van der Waals surface area (Å²) in [6.07, 6.45) is 0. The first-order chi connectivity index (χ1) is 20.3. The maximum atomic E-state index is 14.1. The number of hydrogen-bond donors (Lipinski definition) is 1. The molecule has 0 bridgehead atoms. The van der Waals surface area contributed by atoms with Crippen molar-refractivity contribution in [2.45, 2.75) is 30.0 Å². The Balaban J connectivity index is 1.59. The summed E-state index contributed by atoms with van der Waals surface area (Å²) < 4.78 is 39.6. The molecule has 4 aromatic rings.